The van der Waals surface area contributed by atoms with Crippen LogP contribution in [0.15, 0.2) is 9.98 Å². The number of unbranched alkanes of at least 4 members (excludes halogenated alkanes) is 1. The minimum atomic E-state index is -1.21. The van der Waals surface area contributed by atoms with Crippen molar-refractivity contribution in [3.63, 3.8) is 0 Å². The van der Waals surface area contributed by atoms with Gasteiger partial charge in [-0.15, -0.1) is 0 Å². The van der Waals surface area contributed by atoms with Gasteiger partial charge in [0.15, 0.2) is 11.9 Å². The van der Waals surface area contributed by atoms with Gasteiger partial charge in [0, 0.05) is 13.1 Å². The maximum Gasteiger partial charge on any atom is 0.326 e. The van der Waals surface area contributed by atoms with E-state index in [-0.39, 0.29) is 50.2 Å². The van der Waals surface area contributed by atoms with Gasteiger partial charge in [-0.2, -0.15) is 0 Å². The Balaban J connectivity index is 5.74. The standard InChI is InChI=1S/C24H49N11O5/c1-14(2)13-15(26)19(36)33-16(8-5-11-31-23(27)28)20(37)34-17(9-6-12-32-24(29)30)21(38)35-18(22(39)40)7-3-4-10-25/h14-18H,3-13,25-26H2,1-2H3,(H,33,36)(H,34,37)(H,35,38)(H,39,40)(H4,27,28,31)(H4,29,30,32). The Morgan fingerprint density at radius 3 is 1.52 bits per heavy atom. The van der Waals surface area contributed by atoms with Gasteiger partial charge < -0.3 is 55.5 Å². The summed E-state index contributed by atoms with van der Waals surface area (Å²) >= 11 is 0. The van der Waals surface area contributed by atoms with Crippen LogP contribution in [0.5, 0.6) is 0 Å². The van der Waals surface area contributed by atoms with Gasteiger partial charge in [0.1, 0.15) is 18.1 Å². The summed E-state index contributed by atoms with van der Waals surface area (Å²) in [6.45, 7) is 4.62. The minimum Gasteiger partial charge on any atom is -0.480 e. The molecule has 3 amide bonds. The molecular weight excluding hydrogens is 522 g/mol. The number of carboxylic acids is 1. The molecule has 0 aromatic rings. The first-order chi connectivity index (χ1) is 18.8. The molecule has 0 bridgehead atoms. The number of hydrogen-bond acceptors (Lipinski definition) is 8. The number of rotatable bonds is 21. The largest absolute Gasteiger partial charge is 0.480 e. The van der Waals surface area contributed by atoms with E-state index in [2.05, 4.69) is 25.9 Å². The van der Waals surface area contributed by atoms with Crippen LogP contribution in [0.3, 0.4) is 0 Å². The Labute approximate surface area is 235 Å². The predicted molar refractivity (Wildman–Crippen MR) is 154 cm³/mol. The smallest absolute Gasteiger partial charge is 0.326 e. The molecule has 0 aromatic carbocycles. The molecule has 16 N–H and O–H groups in total. The van der Waals surface area contributed by atoms with E-state index in [0.717, 1.165) is 0 Å². The molecule has 0 saturated heterocycles. The highest BCUT2D eigenvalue weighted by Gasteiger charge is 2.30. The van der Waals surface area contributed by atoms with Crippen LogP contribution in [0.2, 0.25) is 0 Å². The number of nitrogens with zero attached hydrogens (tertiary/aromatic N) is 2. The van der Waals surface area contributed by atoms with Gasteiger partial charge in [0.25, 0.3) is 0 Å². The molecule has 0 heterocycles. The van der Waals surface area contributed by atoms with E-state index in [0.29, 0.717) is 38.6 Å². The highest BCUT2D eigenvalue weighted by molar-refractivity contribution is 5.94. The van der Waals surface area contributed by atoms with Crippen molar-refractivity contribution in [2.45, 2.75) is 89.4 Å². The Kier molecular flexibility index (Phi) is 18.4. The number of aliphatic carboxylic acids is 1. The molecule has 0 aromatic heterocycles. The highest BCUT2D eigenvalue weighted by Crippen LogP contribution is 2.08. The Hall–Kier alpha value is -3.66. The van der Waals surface area contributed by atoms with E-state index in [1.807, 2.05) is 13.8 Å². The van der Waals surface area contributed by atoms with E-state index >= 15 is 0 Å². The second-order valence-electron chi connectivity index (χ2n) is 9.94. The number of guanidine groups is 2. The van der Waals surface area contributed by atoms with Crippen LogP contribution in [-0.2, 0) is 19.2 Å². The maximum atomic E-state index is 13.3. The van der Waals surface area contributed by atoms with Gasteiger partial charge in [-0.1, -0.05) is 13.8 Å². The maximum absolute atomic E-state index is 13.3. The lowest BCUT2D eigenvalue weighted by Gasteiger charge is -2.25. The van der Waals surface area contributed by atoms with E-state index in [1.165, 1.54) is 0 Å². The number of hydrogen-bond donors (Lipinski definition) is 10. The van der Waals surface area contributed by atoms with E-state index < -0.39 is 47.9 Å². The second-order valence-corrected chi connectivity index (χ2v) is 9.94. The average Bonchev–Trinajstić information content (AvgIpc) is 2.85. The lowest BCUT2D eigenvalue weighted by Crippen LogP contribution is -2.57. The number of aliphatic imine (C=N–C) groups is 2. The molecule has 4 unspecified atom stereocenters. The number of carbonyl (C=O) groups is 4. The summed E-state index contributed by atoms with van der Waals surface area (Å²) in [6.07, 6.45) is 2.58. The van der Waals surface area contributed by atoms with Gasteiger partial charge in [-0.3, -0.25) is 24.4 Å². The molecule has 0 radical (unpaired) electrons. The van der Waals surface area contributed by atoms with Crippen LogP contribution in [0.4, 0.5) is 0 Å². The van der Waals surface area contributed by atoms with Gasteiger partial charge in [-0.05, 0) is 63.8 Å². The minimum absolute atomic E-state index is 0.102. The molecule has 4 atom stereocenters. The molecule has 16 nitrogen and oxygen atoms in total. The van der Waals surface area contributed by atoms with Crippen LogP contribution in [0.25, 0.3) is 0 Å². The van der Waals surface area contributed by atoms with Crippen LogP contribution >= 0.6 is 0 Å². The fourth-order valence-corrected chi connectivity index (χ4v) is 3.73. The Bertz CT molecular complexity index is 858. The zero-order chi connectivity index (χ0) is 30.7. The lowest BCUT2D eigenvalue weighted by molar-refractivity contribution is -0.142. The van der Waals surface area contributed by atoms with Crippen LogP contribution in [-0.4, -0.2) is 84.5 Å². The average molecular weight is 572 g/mol. The second kappa shape index (κ2) is 20.3. The topological polar surface area (TPSA) is 305 Å². The predicted octanol–water partition coefficient (Wildman–Crippen LogP) is -2.87. The van der Waals surface area contributed by atoms with Crippen molar-refractivity contribution in [1.29, 1.82) is 0 Å². The summed E-state index contributed by atoms with van der Waals surface area (Å²) < 4.78 is 0. The summed E-state index contributed by atoms with van der Waals surface area (Å²) in [5, 5.41) is 17.3. The normalized spacial score (nSPS) is 13.8. The molecule has 0 aliphatic heterocycles. The van der Waals surface area contributed by atoms with Crippen molar-refractivity contribution >= 4 is 35.6 Å². The van der Waals surface area contributed by atoms with Crippen LogP contribution in [0, 0.1) is 5.92 Å². The molecule has 0 rings (SSSR count). The molecule has 0 aliphatic rings. The Morgan fingerprint density at radius 2 is 1.12 bits per heavy atom. The Morgan fingerprint density at radius 1 is 0.700 bits per heavy atom. The highest BCUT2D eigenvalue weighted by atomic mass is 16.4. The lowest BCUT2D eigenvalue weighted by atomic mass is 10.0. The first-order valence-electron chi connectivity index (χ1n) is 13.5. The van der Waals surface area contributed by atoms with Gasteiger partial charge in [0.05, 0.1) is 6.04 Å². The summed E-state index contributed by atoms with van der Waals surface area (Å²) in [5.41, 5.74) is 32.9. The van der Waals surface area contributed by atoms with Crippen molar-refractivity contribution < 1.29 is 24.3 Å². The summed E-state index contributed by atoms with van der Waals surface area (Å²) in [4.78, 5) is 58.6. The summed E-state index contributed by atoms with van der Waals surface area (Å²) in [5.74, 6) is -3.15. The number of nitrogens with two attached hydrogens (primary N) is 6. The molecule has 16 heteroatoms. The third-order valence-electron chi connectivity index (χ3n) is 5.78. The summed E-state index contributed by atoms with van der Waals surface area (Å²) in [6, 6.07) is -4.18. The first kappa shape index (κ1) is 36.3. The first-order valence-corrected chi connectivity index (χ1v) is 13.5. The number of nitrogens with one attached hydrogen (secondary N) is 3. The van der Waals surface area contributed by atoms with E-state index in [4.69, 9.17) is 34.4 Å². The molecule has 0 aliphatic carbocycles. The molecule has 230 valence electrons. The zero-order valence-corrected chi connectivity index (χ0v) is 23.6. The van der Waals surface area contributed by atoms with E-state index in [1.54, 1.807) is 0 Å². The zero-order valence-electron chi connectivity index (χ0n) is 23.6. The number of carboxylic acid groups (broad SMARTS) is 1. The third kappa shape index (κ3) is 17.0. The van der Waals surface area contributed by atoms with Crippen molar-refractivity contribution in [3.05, 3.63) is 0 Å². The third-order valence-corrected chi connectivity index (χ3v) is 5.78. The van der Waals surface area contributed by atoms with E-state index in [9.17, 15) is 24.3 Å². The van der Waals surface area contributed by atoms with Crippen molar-refractivity contribution in [2.75, 3.05) is 19.6 Å². The van der Waals surface area contributed by atoms with Gasteiger partial charge in [-0.25, -0.2) is 4.79 Å². The molecule has 0 spiro atoms. The summed E-state index contributed by atoms with van der Waals surface area (Å²) in [7, 11) is 0. The fraction of sp³-hybridized carbons (Fsp3) is 0.750. The number of carbonyl (C=O) groups excluding carboxylic acids is 3. The number of amides is 3. The SMILES string of the molecule is CC(C)CC(N)C(=O)NC(CCCN=C(N)N)C(=O)NC(CCCN=C(N)N)C(=O)NC(CCCCN)C(=O)O. The molecular formula is C24H49N11O5. The molecule has 0 fully saturated rings. The van der Waals surface area contributed by atoms with Crippen LogP contribution < -0.4 is 50.4 Å². The van der Waals surface area contributed by atoms with Crippen LogP contribution in [0.1, 0.15) is 65.2 Å². The fourth-order valence-electron chi connectivity index (χ4n) is 3.73. The van der Waals surface area contributed by atoms with Gasteiger partial charge >= 0.3 is 5.97 Å². The monoisotopic (exact) mass is 571 g/mol. The quantitative estimate of drug-likeness (QED) is 0.0379. The van der Waals surface area contributed by atoms with Gasteiger partial charge in [0.2, 0.25) is 17.7 Å². The molecule has 40 heavy (non-hydrogen) atoms. The van der Waals surface area contributed by atoms with Crippen molar-refractivity contribution in [1.82, 2.24) is 16.0 Å². The van der Waals surface area contributed by atoms with Crippen molar-refractivity contribution in [3.8, 4) is 0 Å². The van der Waals surface area contributed by atoms with Crippen molar-refractivity contribution in [2.24, 2.45) is 50.3 Å². The molecule has 0 saturated carbocycles.